The lowest BCUT2D eigenvalue weighted by Gasteiger charge is -2.29. The molecule has 1 unspecified atom stereocenters. The fraction of sp³-hybridized carbons (Fsp3) is 0.333. The number of pyridine rings is 1. The second-order valence-corrected chi connectivity index (χ2v) is 8.59. The predicted molar refractivity (Wildman–Crippen MR) is 121 cm³/mol. The summed E-state index contributed by atoms with van der Waals surface area (Å²) >= 11 is 0. The van der Waals surface area contributed by atoms with E-state index >= 15 is 0 Å². The van der Waals surface area contributed by atoms with E-state index in [1.807, 2.05) is 6.07 Å². The van der Waals surface area contributed by atoms with Gasteiger partial charge in [0.05, 0.1) is 31.0 Å². The monoisotopic (exact) mass is 434 g/mol. The molecule has 2 aromatic rings. The van der Waals surface area contributed by atoms with E-state index in [-0.39, 0.29) is 11.2 Å². The van der Waals surface area contributed by atoms with E-state index in [0.29, 0.717) is 48.7 Å². The fourth-order valence-electron chi connectivity index (χ4n) is 4.35. The molecule has 1 spiro atoms. The minimum atomic E-state index is -0.568. The smallest absolute Gasteiger partial charge is 0.304 e. The molecule has 8 nitrogen and oxygen atoms in total. The predicted octanol–water partition coefficient (Wildman–Crippen LogP) is 2.49. The van der Waals surface area contributed by atoms with Gasteiger partial charge < -0.3 is 20.1 Å². The Hall–Kier alpha value is -3.36. The van der Waals surface area contributed by atoms with E-state index in [4.69, 9.17) is 10.1 Å². The fourth-order valence-corrected chi connectivity index (χ4v) is 4.35. The van der Waals surface area contributed by atoms with Crippen molar-refractivity contribution in [3.05, 3.63) is 76.5 Å². The van der Waals surface area contributed by atoms with E-state index in [9.17, 15) is 9.90 Å². The van der Waals surface area contributed by atoms with Gasteiger partial charge >= 0.3 is 5.91 Å². The number of morpholine rings is 1. The number of quaternary nitrogens is 1. The maximum atomic E-state index is 13.2. The van der Waals surface area contributed by atoms with Gasteiger partial charge in [-0.15, -0.1) is 0 Å². The third-order valence-corrected chi connectivity index (χ3v) is 6.49. The van der Waals surface area contributed by atoms with Crippen LogP contribution in [0.4, 0.5) is 11.4 Å². The zero-order valence-electron chi connectivity index (χ0n) is 18.4. The van der Waals surface area contributed by atoms with E-state index in [1.54, 1.807) is 13.2 Å². The van der Waals surface area contributed by atoms with Crippen LogP contribution in [0.5, 0.6) is 0 Å². The number of nitrogens with zero attached hydrogens (tertiary/aromatic N) is 3. The number of ether oxygens (including phenoxy) is 1. The minimum absolute atomic E-state index is 0.0208. The Labute approximate surface area is 186 Å². The molecule has 1 aromatic carbocycles. The average Bonchev–Trinajstić information content (AvgIpc) is 3.72. The largest absolute Gasteiger partial charge is 0.499 e. The minimum Gasteiger partial charge on any atom is -0.499 e. The topological polar surface area (TPSA) is 90.6 Å². The molecule has 0 aliphatic carbocycles. The first-order valence-electron chi connectivity index (χ1n) is 10.9. The first-order valence-corrected chi connectivity index (χ1v) is 10.9. The first kappa shape index (κ1) is 20.5. The summed E-state index contributed by atoms with van der Waals surface area (Å²) in [5.74, 6) is -0.832. The van der Waals surface area contributed by atoms with Crippen molar-refractivity contribution < 1.29 is 19.1 Å². The van der Waals surface area contributed by atoms with Crippen molar-refractivity contribution >= 4 is 17.3 Å². The second kappa shape index (κ2) is 7.65. The van der Waals surface area contributed by atoms with Crippen LogP contribution in [0.15, 0.2) is 59.9 Å². The molecular weight excluding hydrogens is 406 g/mol. The number of aromatic nitrogens is 1. The Morgan fingerprint density at radius 3 is 2.66 bits per heavy atom. The molecule has 1 aromatic heterocycles. The molecule has 3 aliphatic rings. The third-order valence-electron chi connectivity index (χ3n) is 6.49. The van der Waals surface area contributed by atoms with Crippen LogP contribution < -0.4 is 15.7 Å². The number of aliphatic hydroxyl groups excluding tert-OH is 1. The molecule has 3 aliphatic heterocycles. The molecule has 0 bridgehead atoms. The van der Waals surface area contributed by atoms with E-state index in [1.165, 1.54) is 21.4 Å². The summed E-state index contributed by atoms with van der Waals surface area (Å²) in [5.41, 5.74) is 5.71. The molecule has 166 valence electrons. The normalized spacial score (nSPS) is 23.1. The van der Waals surface area contributed by atoms with Crippen LogP contribution in [0.3, 0.4) is 0 Å². The van der Waals surface area contributed by atoms with Gasteiger partial charge in [0.1, 0.15) is 0 Å². The van der Waals surface area contributed by atoms with Gasteiger partial charge in [-0.05, 0) is 18.6 Å². The Balaban J connectivity index is 1.38. The van der Waals surface area contributed by atoms with Gasteiger partial charge in [0, 0.05) is 26.3 Å². The lowest BCUT2D eigenvalue weighted by atomic mass is 10.1. The summed E-state index contributed by atoms with van der Waals surface area (Å²) < 4.78 is 7.16. The van der Waals surface area contributed by atoms with Crippen molar-refractivity contribution in [3.63, 3.8) is 0 Å². The molecule has 0 radical (unpaired) electrons. The van der Waals surface area contributed by atoms with Gasteiger partial charge in [-0.2, -0.15) is 0 Å². The van der Waals surface area contributed by atoms with E-state index in [0.717, 1.165) is 12.1 Å². The highest BCUT2D eigenvalue weighted by Crippen LogP contribution is 2.55. The van der Waals surface area contributed by atoms with Crippen molar-refractivity contribution in [1.29, 1.82) is 5.41 Å². The number of nitrogens with one attached hydrogen (secondary N) is 2. The first-order chi connectivity index (χ1) is 15.4. The van der Waals surface area contributed by atoms with Gasteiger partial charge in [0.2, 0.25) is 11.5 Å². The van der Waals surface area contributed by atoms with Crippen molar-refractivity contribution in [2.75, 3.05) is 50.1 Å². The molecule has 32 heavy (non-hydrogen) atoms. The zero-order valence-corrected chi connectivity index (χ0v) is 18.4. The van der Waals surface area contributed by atoms with Crippen LogP contribution in [0.1, 0.15) is 15.9 Å². The second-order valence-electron chi connectivity index (χ2n) is 8.59. The van der Waals surface area contributed by atoms with Crippen molar-refractivity contribution in [2.45, 2.75) is 13.3 Å². The summed E-state index contributed by atoms with van der Waals surface area (Å²) in [6, 6.07) is 10.3. The molecular formula is C24H28N5O3+. The number of hydrogen-bond donors (Lipinski definition) is 3. The molecule has 2 saturated heterocycles. The van der Waals surface area contributed by atoms with E-state index < -0.39 is 5.91 Å². The summed E-state index contributed by atoms with van der Waals surface area (Å²) in [5, 5.41) is 22.3. The summed E-state index contributed by atoms with van der Waals surface area (Å²) in [6.45, 7) is 5.36. The number of aliphatic hydroxyl groups is 1. The Kier molecular flexibility index (Phi) is 4.91. The number of anilines is 2. The zero-order chi connectivity index (χ0) is 22.5. The van der Waals surface area contributed by atoms with Crippen molar-refractivity contribution in [2.24, 2.45) is 0 Å². The Morgan fingerprint density at radius 2 is 1.97 bits per heavy atom. The molecule has 0 amide bonds. The quantitative estimate of drug-likeness (QED) is 0.291. The van der Waals surface area contributed by atoms with Crippen molar-refractivity contribution in [1.82, 2.24) is 4.57 Å². The van der Waals surface area contributed by atoms with Crippen LogP contribution in [-0.4, -0.2) is 60.0 Å². The molecule has 5 rings (SSSR count). The van der Waals surface area contributed by atoms with Crippen LogP contribution in [0.25, 0.3) is 0 Å². The number of allylic oxidation sites excluding steroid dienone is 2. The van der Waals surface area contributed by atoms with Crippen LogP contribution in [-0.2, 0) is 11.2 Å². The third kappa shape index (κ3) is 3.51. The number of aryl methyl sites for hydroxylation is 1. The van der Waals surface area contributed by atoms with Gasteiger partial charge in [-0.25, -0.2) is 4.48 Å². The molecule has 8 heteroatoms. The lowest BCUT2D eigenvalue weighted by molar-refractivity contribution is -0.603. The highest BCUT2D eigenvalue weighted by molar-refractivity contribution is 5.94. The Bertz CT molecular complexity index is 1210. The molecule has 3 N–H and O–H groups in total. The maximum Gasteiger partial charge on any atom is 0.304 e. The SMILES string of the molecule is CNc1cc(N2CCOCC2)cn(C(=O)/C(O)=C2\C[N+]23C=C3Cc2ccc(C)cc2)c1=N. The number of rotatable bonds is 5. The Morgan fingerprint density at radius 1 is 1.25 bits per heavy atom. The summed E-state index contributed by atoms with van der Waals surface area (Å²) in [4.78, 5) is 15.3. The average molecular weight is 435 g/mol. The summed E-state index contributed by atoms with van der Waals surface area (Å²) in [6.07, 6.45) is 4.54. The van der Waals surface area contributed by atoms with Crippen LogP contribution >= 0.6 is 0 Å². The van der Waals surface area contributed by atoms with E-state index in [2.05, 4.69) is 47.6 Å². The number of benzene rings is 1. The molecule has 2 fully saturated rings. The standard InChI is InChI=1S/C24H27N5O3/c1-16-3-5-17(6-4-16)11-19-14-29(19)15-21(29)22(30)24(31)28-13-18(12-20(26-2)23(28)25)27-7-9-32-10-8-27/h3-6,12-14,25-26H,7-11,15H2,1-2H3/p+1/b22-21-,25-23?. The highest BCUT2D eigenvalue weighted by Gasteiger charge is 2.66. The molecule has 1 atom stereocenters. The number of carbonyl (C=O) groups excluding carboxylic acids is 1. The van der Waals surface area contributed by atoms with Crippen molar-refractivity contribution in [3.8, 4) is 0 Å². The van der Waals surface area contributed by atoms with Gasteiger partial charge in [0.15, 0.2) is 23.9 Å². The van der Waals surface area contributed by atoms with Gasteiger partial charge in [-0.1, -0.05) is 29.8 Å². The number of carbonyl (C=O) groups is 1. The summed E-state index contributed by atoms with van der Waals surface area (Å²) in [7, 11) is 1.72. The molecule has 4 heterocycles. The van der Waals surface area contributed by atoms with Crippen LogP contribution in [0.2, 0.25) is 0 Å². The number of hydrogen-bond acceptors (Lipinski definition) is 6. The van der Waals surface area contributed by atoms with Crippen LogP contribution in [0, 0.1) is 12.3 Å². The molecule has 0 saturated carbocycles. The van der Waals surface area contributed by atoms with Gasteiger partial charge in [-0.3, -0.25) is 14.8 Å². The highest BCUT2D eigenvalue weighted by atomic mass is 16.5. The maximum absolute atomic E-state index is 13.2. The lowest BCUT2D eigenvalue weighted by Crippen LogP contribution is -2.38. The van der Waals surface area contributed by atoms with Gasteiger partial charge in [0.25, 0.3) is 0 Å².